The van der Waals surface area contributed by atoms with E-state index < -0.39 is 0 Å². The second-order valence-electron chi connectivity index (χ2n) is 5.90. The third-order valence-corrected chi connectivity index (χ3v) is 4.56. The minimum Gasteiger partial charge on any atom is -0.507 e. The first-order valence-corrected chi connectivity index (χ1v) is 8.14. The number of phenols is 1. The van der Waals surface area contributed by atoms with Crippen LogP contribution in [0.25, 0.3) is 21.9 Å². The Hall–Kier alpha value is -3.08. The van der Waals surface area contributed by atoms with E-state index >= 15 is 0 Å². The van der Waals surface area contributed by atoms with Gasteiger partial charge in [-0.2, -0.15) is 0 Å². The molecule has 0 atom stereocenters. The number of hydrogen-bond acceptors (Lipinski definition) is 5. The van der Waals surface area contributed by atoms with Crippen molar-refractivity contribution < 1.29 is 24.1 Å². The molecule has 3 aromatic carbocycles. The summed E-state index contributed by atoms with van der Waals surface area (Å²) in [6, 6.07) is 11.4. The van der Waals surface area contributed by atoms with Crippen LogP contribution in [0.3, 0.4) is 0 Å². The van der Waals surface area contributed by atoms with Crippen molar-refractivity contribution in [1.82, 2.24) is 0 Å². The normalized spacial score (nSPS) is 10.7. The Morgan fingerprint density at radius 2 is 1.27 bits per heavy atom. The van der Waals surface area contributed by atoms with Crippen molar-refractivity contribution in [2.24, 2.45) is 0 Å². The molecule has 0 aromatic heterocycles. The first-order valence-electron chi connectivity index (χ1n) is 8.14. The third kappa shape index (κ3) is 2.86. The highest BCUT2D eigenvalue weighted by Crippen LogP contribution is 2.42. The maximum atomic E-state index is 10.8. The predicted molar refractivity (Wildman–Crippen MR) is 102 cm³/mol. The van der Waals surface area contributed by atoms with E-state index in [0.29, 0.717) is 28.4 Å². The second-order valence-corrected chi connectivity index (χ2v) is 5.90. The summed E-state index contributed by atoms with van der Waals surface area (Å²) in [4.78, 5) is 0. The highest BCUT2D eigenvalue weighted by molar-refractivity contribution is 5.96. The lowest BCUT2D eigenvalue weighted by Gasteiger charge is -2.16. The highest BCUT2D eigenvalue weighted by atomic mass is 16.5. The molecule has 0 bridgehead atoms. The average Bonchev–Trinajstić information content (AvgIpc) is 2.69. The van der Waals surface area contributed by atoms with Crippen LogP contribution < -0.4 is 18.9 Å². The summed E-state index contributed by atoms with van der Waals surface area (Å²) in [5.41, 5.74) is 2.60. The van der Waals surface area contributed by atoms with E-state index in [0.717, 1.165) is 22.1 Å². The molecule has 0 spiro atoms. The van der Waals surface area contributed by atoms with Gasteiger partial charge in [-0.3, -0.25) is 0 Å². The molecule has 1 N–H and O–H groups in total. The Bertz CT molecular complexity index is 963. The van der Waals surface area contributed by atoms with E-state index in [1.807, 2.05) is 37.3 Å². The van der Waals surface area contributed by atoms with E-state index in [9.17, 15) is 5.11 Å². The lowest BCUT2D eigenvalue weighted by Crippen LogP contribution is -1.94. The molecule has 0 radical (unpaired) electrons. The number of aromatic hydroxyl groups is 1. The topological polar surface area (TPSA) is 57.2 Å². The number of rotatable bonds is 5. The summed E-state index contributed by atoms with van der Waals surface area (Å²) >= 11 is 0. The fourth-order valence-electron chi connectivity index (χ4n) is 3.12. The molecule has 3 aromatic rings. The summed E-state index contributed by atoms with van der Waals surface area (Å²) in [7, 11) is 6.37. The Morgan fingerprint density at radius 3 is 1.88 bits per heavy atom. The monoisotopic (exact) mass is 354 g/mol. The SMILES string of the molecule is COc1ccc(-c2cc3cc(OC)c(OC)cc3c(O)c2C)cc1OC. The molecule has 5 heteroatoms. The average molecular weight is 354 g/mol. The summed E-state index contributed by atoms with van der Waals surface area (Å²) in [6.07, 6.45) is 0. The summed E-state index contributed by atoms with van der Waals surface area (Å²) in [6.45, 7) is 1.89. The van der Waals surface area contributed by atoms with Crippen LogP contribution in [0.2, 0.25) is 0 Å². The smallest absolute Gasteiger partial charge is 0.161 e. The van der Waals surface area contributed by atoms with E-state index in [1.165, 1.54) is 0 Å². The van der Waals surface area contributed by atoms with Crippen molar-refractivity contribution in [1.29, 1.82) is 0 Å². The van der Waals surface area contributed by atoms with Crippen LogP contribution in [-0.4, -0.2) is 33.5 Å². The molecule has 0 aliphatic heterocycles. The third-order valence-electron chi connectivity index (χ3n) is 4.56. The van der Waals surface area contributed by atoms with Crippen molar-refractivity contribution >= 4 is 10.8 Å². The molecule has 0 saturated heterocycles. The van der Waals surface area contributed by atoms with Crippen LogP contribution >= 0.6 is 0 Å². The maximum absolute atomic E-state index is 10.8. The summed E-state index contributed by atoms with van der Waals surface area (Å²) in [5.74, 6) is 2.70. The number of methoxy groups -OCH3 is 4. The lowest BCUT2D eigenvalue weighted by molar-refractivity contribution is 0.355. The largest absolute Gasteiger partial charge is 0.507 e. The number of benzene rings is 3. The zero-order valence-electron chi connectivity index (χ0n) is 15.5. The number of hydrogen-bond donors (Lipinski definition) is 1. The predicted octanol–water partition coefficient (Wildman–Crippen LogP) is 4.56. The van der Waals surface area contributed by atoms with Gasteiger partial charge in [0.1, 0.15) is 5.75 Å². The van der Waals surface area contributed by atoms with Crippen LogP contribution in [0.1, 0.15) is 5.56 Å². The van der Waals surface area contributed by atoms with Crippen molar-refractivity contribution in [2.75, 3.05) is 28.4 Å². The first kappa shape index (κ1) is 17.7. The van der Waals surface area contributed by atoms with Crippen molar-refractivity contribution in [3.63, 3.8) is 0 Å². The minimum absolute atomic E-state index is 0.216. The van der Waals surface area contributed by atoms with E-state index in [1.54, 1.807) is 34.5 Å². The molecule has 3 rings (SSSR count). The van der Waals surface area contributed by atoms with Gasteiger partial charge in [0, 0.05) is 5.39 Å². The summed E-state index contributed by atoms with van der Waals surface area (Å²) < 4.78 is 21.4. The van der Waals surface area contributed by atoms with Gasteiger partial charge in [-0.15, -0.1) is 0 Å². The van der Waals surface area contributed by atoms with Crippen molar-refractivity contribution in [3.8, 4) is 39.9 Å². The fourth-order valence-corrected chi connectivity index (χ4v) is 3.12. The molecule has 0 fully saturated rings. The quantitative estimate of drug-likeness (QED) is 0.728. The molecule has 136 valence electrons. The van der Waals surface area contributed by atoms with Gasteiger partial charge in [0.25, 0.3) is 0 Å². The van der Waals surface area contributed by atoms with Gasteiger partial charge < -0.3 is 24.1 Å². The molecule has 0 aliphatic rings. The number of phenolic OH excluding ortho intramolecular Hbond substituents is 1. The van der Waals surface area contributed by atoms with Gasteiger partial charge in [0.15, 0.2) is 23.0 Å². The zero-order chi connectivity index (χ0) is 18.8. The Labute approximate surface area is 152 Å². The van der Waals surface area contributed by atoms with Crippen molar-refractivity contribution in [2.45, 2.75) is 6.92 Å². The number of ether oxygens (including phenoxy) is 4. The molecule has 0 unspecified atom stereocenters. The molecule has 0 heterocycles. The Morgan fingerprint density at radius 1 is 0.692 bits per heavy atom. The van der Waals surface area contributed by atoms with Crippen LogP contribution in [0, 0.1) is 6.92 Å². The molecule has 0 amide bonds. The molecule has 0 aliphatic carbocycles. The Balaban J connectivity index is 2.26. The van der Waals surface area contributed by atoms with Crippen LogP contribution in [0.15, 0.2) is 36.4 Å². The maximum Gasteiger partial charge on any atom is 0.161 e. The van der Waals surface area contributed by atoms with Crippen LogP contribution in [0.5, 0.6) is 28.7 Å². The van der Waals surface area contributed by atoms with Crippen molar-refractivity contribution in [3.05, 3.63) is 42.0 Å². The van der Waals surface area contributed by atoms with Gasteiger partial charge in [-0.25, -0.2) is 0 Å². The highest BCUT2D eigenvalue weighted by Gasteiger charge is 2.16. The fraction of sp³-hybridized carbons (Fsp3) is 0.238. The molecule has 0 saturated carbocycles. The van der Waals surface area contributed by atoms with Gasteiger partial charge in [-0.1, -0.05) is 6.07 Å². The minimum atomic E-state index is 0.216. The van der Waals surface area contributed by atoms with Gasteiger partial charge in [0.2, 0.25) is 0 Å². The van der Waals surface area contributed by atoms with Gasteiger partial charge >= 0.3 is 0 Å². The standard InChI is InChI=1S/C21H22O5/c1-12-15(13-6-7-17(23-2)18(9-13)24-3)8-14-10-19(25-4)20(26-5)11-16(14)21(12)22/h6-11,22H,1-5H3. The summed E-state index contributed by atoms with van der Waals surface area (Å²) in [5, 5.41) is 12.3. The lowest BCUT2D eigenvalue weighted by atomic mass is 9.94. The second kappa shape index (κ2) is 7.04. The Kier molecular flexibility index (Phi) is 4.80. The zero-order valence-corrected chi connectivity index (χ0v) is 15.5. The van der Waals surface area contributed by atoms with E-state index in [-0.39, 0.29) is 5.75 Å². The molecule has 26 heavy (non-hydrogen) atoms. The van der Waals surface area contributed by atoms with Crippen LogP contribution in [0.4, 0.5) is 0 Å². The number of fused-ring (bicyclic) bond motifs is 1. The molecular weight excluding hydrogens is 332 g/mol. The molecule has 5 nitrogen and oxygen atoms in total. The first-order chi connectivity index (χ1) is 12.5. The molecular formula is C21H22O5. The van der Waals surface area contributed by atoms with Crippen LogP contribution in [-0.2, 0) is 0 Å². The van der Waals surface area contributed by atoms with Gasteiger partial charge in [0.05, 0.1) is 28.4 Å². The van der Waals surface area contributed by atoms with E-state index in [2.05, 4.69) is 0 Å². The van der Waals surface area contributed by atoms with Gasteiger partial charge in [-0.05, 0) is 59.3 Å². The van der Waals surface area contributed by atoms with E-state index in [4.69, 9.17) is 18.9 Å².